The zero-order valence-corrected chi connectivity index (χ0v) is 7.96. The summed E-state index contributed by atoms with van der Waals surface area (Å²) in [6, 6.07) is 1.73. The Balaban J connectivity index is 2.72. The fourth-order valence-electron chi connectivity index (χ4n) is 1.08. The van der Waals surface area contributed by atoms with Crippen molar-refractivity contribution in [2.75, 3.05) is 0 Å². The van der Waals surface area contributed by atoms with E-state index in [1.165, 1.54) is 0 Å². The van der Waals surface area contributed by atoms with Crippen LogP contribution in [0.15, 0.2) is 18.5 Å². The van der Waals surface area contributed by atoms with Gasteiger partial charge >= 0.3 is 0 Å². The molecule has 1 unspecified atom stereocenters. The third-order valence-electron chi connectivity index (χ3n) is 1.80. The van der Waals surface area contributed by atoms with E-state index in [1.807, 2.05) is 6.07 Å². The van der Waals surface area contributed by atoms with E-state index in [2.05, 4.69) is 10.9 Å². The van der Waals surface area contributed by atoms with Gasteiger partial charge in [0.15, 0.2) is 0 Å². The summed E-state index contributed by atoms with van der Waals surface area (Å²) in [5.41, 5.74) is 6.78. The summed E-state index contributed by atoms with van der Waals surface area (Å²) >= 11 is 5.90. The predicted octanol–water partition coefficient (Wildman–Crippen LogP) is 2.15. The fraction of sp³-hybridized carbons (Fsp3) is 0.300. The highest BCUT2D eigenvalue weighted by Gasteiger charge is 2.08. The van der Waals surface area contributed by atoms with Crippen LogP contribution in [0.1, 0.15) is 24.4 Å². The van der Waals surface area contributed by atoms with Crippen LogP contribution in [0.5, 0.6) is 0 Å². The van der Waals surface area contributed by atoms with Gasteiger partial charge in [0, 0.05) is 24.9 Å². The minimum atomic E-state index is -0.0912. The first-order valence-electron chi connectivity index (χ1n) is 4.04. The maximum absolute atomic E-state index is 5.90. The van der Waals surface area contributed by atoms with Crippen LogP contribution in [0, 0.1) is 12.3 Å². The summed E-state index contributed by atoms with van der Waals surface area (Å²) in [6.45, 7) is 0. The highest BCUT2D eigenvalue weighted by Crippen LogP contribution is 2.22. The van der Waals surface area contributed by atoms with Gasteiger partial charge in [0.05, 0.1) is 5.02 Å². The highest BCUT2D eigenvalue weighted by atomic mass is 35.5. The zero-order chi connectivity index (χ0) is 9.68. The topological polar surface area (TPSA) is 38.9 Å². The molecule has 0 bridgehead atoms. The molecule has 0 saturated carbocycles. The van der Waals surface area contributed by atoms with Crippen molar-refractivity contribution in [1.82, 2.24) is 4.98 Å². The largest absolute Gasteiger partial charge is 0.324 e. The molecule has 0 amide bonds. The summed E-state index contributed by atoms with van der Waals surface area (Å²) in [5, 5.41) is 0.604. The fourth-order valence-corrected chi connectivity index (χ4v) is 1.34. The quantitative estimate of drug-likeness (QED) is 0.749. The first-order chi connectivity index (χ1) is 6.25. The first-order valence-corrected chi connectivity index (χ1v) is 4.42. The minimum absolute atomic E-state index is 0.0912. The Morgan fingerprint density at radius 2 is 2.46 bits per heavy atom. The molecular weight excluding hydrogens is 184 g/mol. The van der Waals surface area contributed by atoms with Gasteiger partial charge in [-0.3, -0.25) is 4.98 Å². The number of nitrogens with two attached hydrogens (primary N) is 1. The molecule has 3 heteroatoms. The second-order valence-corrected chi connectivity index (χ2v) is 3.15. The standard InChI is InChI=1S/C10H11ClN2/c1-2-3-4-10(12)8-5-6-13-7-9(8)11/h1,5-7,10H,3-4,12H2. The highest BCUT2D eigenvalue weighted by molar-refractivity contribution is 6.31. The Labute approximate surface area is 83.1 Å². The van der Waals surface area contributed by atoms with Crippen LogP contribution < -0.4 is 5.73 Å². The third kappa shape index (κ3) is 2.73. The molecule has 1 atom stereocenters. The number of nitrogens with zero attached hydrogens (tertiary/aromatic N) is 1. The predicted molar refractivity (Wildman–Crippen MR) is 54.2 cm³/mol. The van der Waals surface area contributed by atoms with Crippen molar-refractivity contribution in [2.45, 2.75) is 18.9 Å². The third-order valence-corrected chi connectivity index (χ3v) is 2.12. The van der Waals surface area contributed by atoms with E-state index in [1.54, 1.807) is 12.4 Å². The molecule has 2 nitrogen and oxygen atoms in total. The van der Waals surface area contributed by atoms with Gasteiger partial charge in [-0.2, -0.15) is 0 Å². The molecule has 0 aliphatic carbocycles. The molecule has 0 aliphatic heterocycles. The SMILES string of the molecule is C#CCCC(N)c1ccncc1Cl. The van der Waals surface area contributed by atoms with Crippen molar-refractivity contribution in [2.24, 2.45) is 5.73 Å². The number of pyridine rings is 1. The molecular formula is C10H11ClN2. The molecule has 0 fully saturated rings. The van der Waals surface area contributed by atoms with Crippen molar-refractivity contribution in [1.29, 1.82) is 0 Å². The molecule has 1 rings (SSSR count). The van der Waals surface area contributed by atoms with Gasteiger partial charge in [0.25, 0.3) is 0 Å². The number of terminal acetylenes is 1. The van der Waals surface area contributed by atoms with Crippen LogP contribution in [0.3, 0.4) is 0 Å². The first kappa shape index (κ1) is 10.0. The van der Waals surface area contributed by atoms with Crippen LogP contribution in [-0.4, -0.2) is 4.98 Å². The Morgan fingerprint density at radius 3 is 3.08 bits per heavy atom. The van der Waals surface area contributed by atoms with Gasteiger partial charge in [-0.25, -0.2) is 0 Å². The number of aromatic nitrogens is 1. The molecule has 0 radical (unpaired) electrons. The molecule has 1 heterocycles. The number of hydrogen-bond acceptors (Lipinski definition) is 2. The summed E-state index contributed by atoms with van der Waals surface area (Å²) in [5.74, 6) is 2.55. The molecule has 68 valence electrons. The number of hydrogen-bond donors (Lipinski definition) is 1. The van der Waals surface area contributed by atoms with Crippen molar-refractivity contribution in [3.05, 3.63) is 29.0 Å². The maximum atomic E-state index is 5.90. The molecule has 2 N–H and O–H groups in total. The summed E-state index contributed by atoms with van der Waals surface area (Å²) in [6.07, 6.45) is 9.83. The van der Waals surface area contributed by atoms with Crippen molar-refractivity contribution in [3.63, 3.8) is 0 Å². The lowest BCUT2D eigenvalue weighted by Gasteiger charge is -2.10. The monoisotopic (exact) mass is 194 g/mol. The average Bonchev–Trinajstić information content (AvgIpc) is 2.15. The second kappa shape index (κ2) is 4.86. The summed E-state index contributed by atoms with van der Waals surface area (Å²) in [4.78, 5) is 3.88. The Hall–Kier alpha value is -1.04. The zero-order valence-electron chi connectivity index (χ0n) is 7.20. The summed E-state index contributed by atoms with van der Waals surface area (Å²) < 4.78 is 0. The van der Waals surface area contributed by atoms with E-state index in [9.17, 15) is 0 Å². The molecule has 1 aromatic rings. The Bertz CT molecular complexity index is 317. The van der Waals surface area contributed by atoms with Gasteiger partial charge in [-0.15, -0.1) is 12.3 Å². The van der Waals surface area contributed by atoms with Crippen LogP contribution in [0.4, 0.5) is 0 Å². The molecule has 13 heavy (non-hydrogen) atoms. The lowest BCUT2D eigenvalue weighted by molar-refractivity contribution is 0.667. The lowest BCUT2D eigenvalue weighted by atomic mass is 10.0. The van der Waals surface area contributed by atoms with Gasteiger partial charge in [-0.1, -0.05) is 11.6 Å². The van der Waals surface area contributed by atoms with E-state index < -0.39 is 0 Å². The van der Waals surface area contributed by atoms with Crippen LogP contribution in [0.2, 0.25) is 5.02 Å². The van der Waals surface area contributed by atoms with Gasteiger partial charge < -0.3 is 5.73 Å². The molecule has 0 aliphatic rings. The van der Waals surface area contributed by atoms with Gasteiger partial charge in [0.1, 0.15) is 0 Å². The number of rotatable bonds is 3. The lowest BCUT2D eigenvalue weighted by Crippen LogP contribution is -2.10. The Kier molecular flexibility index (Phi) is 3.75. The molecule has 1 aromatic heterocycles. The van der Waals surface area contributed by atoms with Gasteiger partial charge in [-0.05, 0) is 18.1 Å². The van der Waals surface area contributed by atoms with Crippen LogP contribution in [-0.2, 0) is 0 Å². The molecule has 0 saturated heterocycles. The van der Waals surface area contributed by atoms with E-state index in [4.69, 9.17) is 23.8 Å². The van der Waals surface area contributed by atoms with E-state index >= 15 is 0 Å². The minimum Gasteiger partial charge on any atom is -0.324 e. The molecule has 0 aromatic carbocycles. The van der Waals surface area contributed by atoms with E-state index in [0.717, 1.165) is 12.0 Å². The Morgan fingerprint density at radius 1 is 1.69 bits per heavy atom. The maximum Gasteiger partial charge on any atom is 0.0637 e. The number of halogens is 1. The van der Waals surface area contributed by atoms with E-state index in [-0.39, 0.29) is 6.04 Å². The average molecular weight is 195 g/mol. The van der Waals surface area contributed by atoms with Crippen molar-refractivity contribution < 1.29 is 0 Å². The van der Waals surface area contributed by atoms with Crippen molar-refractivity contribution in [3.8, 4) is 12.3 Å². The molecule has 0 spiro atoms. The second-order valence-electron chi connectivity index (χ2n) is 2.75. The van der Waals surface area contributed by atoms with E-state index in [0.29, 0.717) is 11.4 Å². The van der Waals surface area contributed by atoms with Crippen LogP contribution >= 0.6 is 11.6 Å². The summed E-state index contributed by atoms with van der Waals surface area (Å²) in [7, 11) is 0. The smallest absolute Gasteiger partial charge is 0.0637 e. The van der Waals surface area contributed by atoms with Crippen molar-refractivity contribution >= 4 is 11.6 Å². The van der Waals surface area contributed by atoms with Gasteiger partial charge in [0.2, 0.25) is 0 Å². The normalized spacial score (nSPS) is 12.1. The van der Waals surface area contributed by atoms with Crippen LogP contribution in [0.25, 0.3) is 0 Å².